The highest BCUT2D eigenvalue weighted by Gasteiger charge is 2.33. The van der Waals surface area contributed by atoms with E-state index in [2.05, 4.69) is 0 Å². The Balaban J connectivity index is 1.96. The lowest BCUT2D eigenvalue weighted by Gasteiger charge is -2.28. The molecule has 150 valence electrons. The molecule has 0 N–H and O–H groups in total. The van der Waals surface area contributed by atoms with Crippen LogP contribution in [-0.2, 0) is 21.2 Å². The molecule has 7 nitrogen and oxygen atoms in total. The van der Waals surface area contributed by atoms with E-state index >= 15 is 0 Å². The first-order chi connectivity index (χ1) is 13.3. The van der Waals surface area contributed by atoms with E-state index in [4.69, 9.17) is 9.47 Å². The number of amides is 1. The van der Waals surface area contributed by atoms with Crippen molar-refractivity contribution in [3.8, 4) is 11.5 Å². The lowest BCUT2D eigenvalue weighted by atomic mass is 10.1. The van der Waals surface area contributed by atoms with Crippen LogP contribution in [-0.4, -0.2) is 47.4 Å². The van der Waals surface area contributed by atoms with E-state index in [0.29, 0.717) is 17.2 Å². The number of sulfonamides is 1. The predicted molar refractivity (Wildman–Crippen MR) is 109 cm³/mol. The lowest BCUT2D eigenvalue weighted by molar-refractivity contribution is -0.117. The Hall–Kier alpha value is -2.74. The fraction of sp³-hybridized carbons (Fsp3) is 0.350. The average Bonchev–Trinajstić information content (AvgIpc) is 3.00. The van der Waals surface area contributed by atoms with Crippen molar-refractivity contribution in [1.82, 2.24) is 0 Å². The minimum Gasteiger partial charge on any atom is -0.497 e. The number of methoxy groups -OCH3 is 2. The number of fused-ring (bicyclic) bond motifs is 1. The molecule has 1 aliphatic rings. The van der Waals surface area contributed by atoms with Crippen molar-refractivity contribution in [1.29, 1.82) is 0 Å². The number of nitrogens with zero attached hydrogens (tertiary/aromatic N) is 2. The van der Waals surface area contributed by atoms with Crippen molar-refractivity contribution < 1.29 is 22.7 Å². The van der Waals surface area contributed by atoms with Gasteiger partial charge in [-0.3, -0.25) is 9.10 Å². The Bertz CT molecular complexity index is 990. The summed E-state index contributed by atoms with van der Waals surface area (Å²) in [6, 6.07) is 12.4. The van der Waals surface area contributed by atoms with Gasteiger partial charge in [-0.1, -0.05) is 18.2 Å². The van der Waals surface area contributed by atoms with Crippen LogP contribution < -0.4 is 18.7 Å². The molecule has 0 fully saturated rings. The first kappa shape index (κ1) is 20.0. The Kier molecular flexibility index (Phi) is 5.51. The van der Waals surface area contributed by atoms with Crippen LogP contribution >= 0.6 is 0 Å². The second kappa shape index (κ2) is 7.71. The van der Waals surface area contributed by atoms with E-state index in [1.165, 1.54) is 14.2 Å². The highest BCUT2D eigenvalue weighted by Crippen LogP contribution is 2.35. The molecule has 0 aromatic heterocycles. The van der Waals surface area contributed by atoms with Crippen LogP contribution in [0.25, 0.3) is 0 Å². The van der Waals surface area contributed by atoms with Crippen LogP contribution in [0.2, 0.25) is 0 Å². The number of hydrogen-bond acceptors (Lipinski definition) is 5. The molecular formula is C20H24N2O5S. The van der Waals surface area contributed by atoms with Crippen LogP contribution in [0.1, 0.15) is 12.5 Å². The standard InChI is InChI=1S/C20H24N2O5S/c1-14-11-15-7-5-6-8-17(15)22(14)20(23)13-21(28(4,24)25)18-10-9-16(26-2)12-19(18)27-3/h5-10,12,14H,11,13H2,1-4H3/t14-/m0/s1. The van der Waals surface area contributed by atoms with Crippen molar-refractivity contribution >= 4 is 27.3 Å². The van der Waals surface area contributed by atoms with E-state index in [1.54, 1.807) is 23.1 Å². The van der Waals surface area contributed by atoms with Gasteiger partial charge in [0.15, 0.2) is 0 Å². The largest absolute Gasteiger partial charge is 0.497 e. The van der Waals surface area contributed by atoms with Crippen molar-refractivity contribution in [2.75, 3.05) is 36.2 Å². The Labute approximate surface area is 165 Å². The maximum atomic E-state index is 13.1. The Morgan fingerprint density at radius 3 is 2.54 bits per heavy atom. The number of ether oxygens (including phenoxy) is 2. The van der Waals surface area contributed by atoms with Gasteiger partial charge >= 0.3 is 0 Å². The molecular weight excluding hydrogens is 380 g/mol. The summed E-state index contributed by atoms with van der Waals surface area (Å²) in [6.45, 7) is 1.64. The lowest BCUT2D eigenvalue weighted by Crippen LogP contribution is -2.45. The Morgan fingerprint density at radius 2 is 1.89 bits per heavy atom. The van der Waals surface area contributed by atoms with Crippen LogP contribution in [0.5, 0.6) is 11.5 Å². The summed E-state index contributed by atoms with van der Waals surface area (Å²) in [5.74, 6) is 0.552. The van der Waals surface area contributed by atoms with Crippen molar-refractivity contribution in [3.63, 3.8) is 0 Å². The van der Waals surface area contributed by atoms with Gasteiger partial charge in [0, 0.05) is 17.8 Å². The van der Waals surface area contributed by atoms with E-state index in [9.17, 15) is 13.2 Å². The molecule has 28 heavy (non-hydrogen) atoms. The summed E-state index contributed by atoms with van der Waals surface area (Å²) in [5.41, 5.74) is 2.20. The third-order valence-electron chi connectivity index (χ3n) is 4.81. The van der Waals surface area contributed by atoms with Gasteiger partial charge in [0.1, 0.15) is 18.0 Å². The summed E-state index contributed by atoms with van der Waals surface area (Å²) in [6.07, 6.45) is 1.82. The van der Waals surface area contributed by atoms with Crippen molar-refractivity contribution in [3.05, 3.63) is 48.0 Å². The number of anilines is 2. The van der Waals surface area contributed by atoms with Crippen LogP contribution in [0.4, 0.5) is 11.4 Å². The quantitative estimate of drug-likeness (QED) is 0.739. The fourth-order valence-electron chi connectivity index (χ4n) is 3.52. The first-order valence-electron chi connectivity index (χ1n) is 8.86. The molecule has 0 bridgehead atoms. The molecule has 1 aliphatic heterocycles. The average molecular weight is 404 g/mol. The molecule has 0 aliphatic carbocycles. The Morgan fingerprint density at radius 1 is 1.18 bits per heavy atom. The van der Waals surface area contributed by atoms with Crippen molar-refractivity contribution in [2.24, 2.45) is 0 Å². The highest BCUT2D eigenvalue weighted by atomic mass is 32.2. The van der Waals surface area contributed by atoms with Crippen LogP contribution in [0.15, 0.2) is 42.5 Å². The number of rotatable bonds is 6. The highest BCUT2D eigenvalue weighted by molar-refractivity contribution is 7.92. The van der Waals surface area contributed by atoms with Gasteiger partial charge in [0.25, 0.3) is 0 Å². The van der Waals surface area contributed by atoms with E-state index in [0.717, 1.165) is 28.2 Å². The molecule has 2 aromatic rings. The molecule has 1 heterocycles. The van der Waals surface area contributed by atoms with Gasteiger partial charge in [-0.05, 0) is 37.1 Å². The molecule has 0 saturated carbocycles. The summed E-state index contributed by atoms with van der Waals surface area (Å²) in [7, 11) is -0.768. The zero-order valence-corrected chi connectivity index (χ0v) is 17.2. The van der Waals surface area contributed by atoms with Gasteiger partial charge in [0.2, 0.25) is 15.9 Å². The minimum atomic E-state index is -3.72. The fourth-order valence-corrected chi connectivity index (χ4v) is 4.37. The first-order valence-corrected chi connectivity index (χ1v) is 10.7. The predicted octanol–water partition coefficient (Wildman–Crippen LogP) is 2.45. The van der Waals surface area contributed by atoms with E-state index in [1.807, 2.05) is 31.2 Å². The maximum absolute atomic E-state index is 13.1. The van der Waals surface area contributed by atoms with E-state index in [-0.39, 0.29) is 18.5 Å². The number of hydrogen-bond donors (Lipinski definition) is 0. The number of carbonyl (C=O) groups excluding carboxylic acids is 1. The summed E-state index contributed by atoms with van der Waals surface area (Å²) in [4.78, 5) is 14.8. The van der Waals surface area contributed by atoms with Crippen molar-refractivity contribution in [2.45, 2.75) is 19.4 Å². The van der Waals surface area contributed by atoms with Gasteiger partial charge in [-0.25, -0.2) is 8.42 Å². The van der Waals surface area contributed by atoms with E-state index < -0.39 is 10.0 Å². The molecule has 0 unspecified atom stereocenters. The van der Waals surface area contributed by atoms with Gasteiger partial charge in [-0.15, -0.1) is 0 Å². The number of carbonyl (C=O) groups is 1. The number of para-hydroxylation sites is 1. The maximum Gasteiger partial charge on any atom is 0.248 e. The zero-order chi connectivity index (χ0) is 20.5. The SMILES string of the molecule is COc1ccc(N(CC(=O)N2c3ccccc3C[C@@H]2C)S(C)(=O)=O)c(OC)c1. The monoisotopic (exact) mass is 404 g/mol. The van der Waals surface area contributed by atoms with Crippen LogP contribution in [0.3, 0.4) is 0 Å². The third kappa shape index (κ3) is 3.77. The molecule has 1 amide bonds. The topological polar surface area (TPSA) is 76.2 Å². The van der Waals surface area contributed by atoms with Gasteiger partial charge < -0.3 is 14.4 Å². The molecule has 1 atom stereocenters. The number of benzene rings is 2. The molecule has 0 radical (unpaired) electrons. The second-order valence-corrected chi connectivity index (χ2v) is 8.66. The second-order valence-electron chi connectivity index (χ2n) is 6.75. The molecule has 2 aromatic carbocycles. The van der Waals surface area contributed by atoms with Gasteiger partial charge in [0.05, 0.1) is 26.2 Å². The molecule has 8 heteroatoms. The summed E-state index contributed by atoms with van der Waals surface area (Å²) in [5, 5.41) is 0. The molecule has 3 rings (SSSR count). The summed E-state index contributed by atoms with van der Waals surface area (Å²) < 4.78 is 36.6. The third-order valence-corrected chi connectivity index (χ3v) is 5.94. The molecule has 0 spiro atoms. The minimum absolute atomic E-state index is 0.0379. The van der Waals surface area contributed by atoms with Gasteiger partial charge in [-0.2, -0.15) is 0 Å². The molecule has 0 saturated heterocycles. The normalized spacial score (nSPS) is 15.9. The smallest absolute Gasteiger partial charge is 0.248 e. The summed E-state index contributed by atoms with van der Waals surface area (Å²) >= 11 is 0. The van der Waals surface area contributed by atoms with Crippen LogP contribution in [0, 0.1) is 0 Å². The zero-order valence-electron chi connectivity index (χ0n) is 16.4.